The molecule has 1 aromatic rings. The molecule has 2 N–H and O–H groups in total. The minimum absolute atomic E-state index is 0.154. The fourth-order valence-corrected chi connectivity index (χ4v) is 2.24. The average molecular weight is 251 g/mol. The normalized spacial score (nSPS) is 16.8. The second-order valence-electron chi connectivity index (χ2n) is 4.87. The van der Waals surface area contributed by atoms with Crippen molar-refractivity contribution < 1.29 is 9.18 Å². The molecule has 1 aliphatic rings. The highest BCUT2D eigenvalue weighted by molar-refractivity contribution is 5.89. The Bertz CT molecular complexity index is 426. The van der Waals surface area contributed by atoms with Crippen molar-refractivity contribution in [3.63, 3.8) is 0 Å². The molecule has 0 spiro atoms. The smallest absolute Gasteiger partial charge is 0.319 e. The molecule has 4 nitrogen and oxygen atoms in total. The van der Waals surface area contributed by atoms with Crippen LogP contribution in [0.25, 0.3) is 0 Å². The third-order valence-corrected chi connectivity index (χ3v) is 3.81. The summed E-state index contributed by atoms with van der Waals surface area (Å²) in [5, 5.41) is 5.30. The molecule has 98 valence electrons. The van der Waals surface area contributed by atoms with Gasteiger partial charge in [0, 0.05) is 12.7 Å². The first-order valence-electron chi connectivity index (χ1n) is 6.30. The first kappa shape index (κ1) is 12.8. The molecule has 0 bridgehead atoms. The van der Waals surface area contributed by atoms with Crippen LogP contribution in [-0.4, -0.2) is 17.6 Å². The predicted molar refractivity (Wildman–Crippen MR) is 67.8 cm³/mol. The highest BCUT2D eigenvalue weighted by Gasteiger charge is 2.35. The molecule has 0 aliphatic heterocycles. The maximum atomic E-state index is 13.3. The van der Waals surface area contributed by atoms with E-state index in [9.17, 15) is 9.18 Å². The van der Waals surface area contributed by atoms with E-state index in [0.717, 1.165) is 25.5 Å². The minimum Gasteiger partial charge on any atom is -0.337 e. The summed E-state index contributed by atoms with van der Waals surface area (Å²) in [4.78, 5) is 15.3. The van der Waals surface area contributed by atoms with E-state index in [-0.39, 0.29) is 17.1 Å². The van der Waals surface area contributed by atoms with Gasteiger partial charge >= 0.3 is 6.03 Å². The lowest BCUT2D eigenvalue weighted by atomic mass is 9.67. The second kappa shape index (κ2) is 5.33. The molecule has 1 aliphatic carbocycles. The number of rotatable bonds is 4. The average Bonchev–Trinajstić information content (AvgIpc) is 2.31. The Hall–Kier alpha value is -1.65. The van der Waals surface area contributed by atoms with E-state index in [1.165, 1.54) is 18.7 Å². The van der Waals surface area contributed by atoms with Crippen LogP contribution in [0.4, 0.5) is 14.9 Å². The van der Waals surface area contributed by atoms with Gasteiger partial charge in [-0.2, -0.15) is 0 Å². The summed E-state index contributed by atoms with van der Waals surface area (Å²) in [5.41, 5.74) is 0.412. The molecule has 1 aromatic heterocycles. The Morgan fingerprint density at radius 2 is 2.33 bits per heavy atom. The van der Waals surface area contributed by atoms with Crippen molar-refractivity contribution in [3.05, 3.63) is 24.3 Å². The van der Waals surface area contributed by atoms with Crippen LogP contribution in [0.2, 0.25) is 0 Å². The topological polar surface area (TPSA) is 54.0 Å². The highest BCUT2D eigenvalue weighted by atomic mass is 19.1. The van der Waals surface area contributed by atoms with Crippen molar-refractivity contribution >= 4 is 11.7 Å². The number of amides is 2. The molecule has 1 saturated carbocycles. The Labute approximate surface area is 106 Å². The molecule has 2 amide bonds. The molecule has 18 heavy (non-hydrogen) atoms. The Morgan fingerprint density at radius 3 is 2.89 bits per heavy atom. The molecule has 5 heteroatoms. The van der Waals surface area contributed by atoms with E-state index in [2.05, 4.69) is 22.5 Å². The molecule has 1 heterocycles. The maximum Gasteiger partial charge on any atom is 0.319 e. The van der Waals surface area contributed by atoms with Crippen LogP contribution in [0.5, 0.6) is 0 Å². The van der Waals surface area contributed by atoms with Crippen molar-refractivity contribution in [1.29, 1.82) is 0 Å². The number of carbonyl (C=O) groups excluding carboxylic acids is 1. The first-order chi connectivity index (χ1) is 8.65. The highest BCUT2D eigenvalue weighted by Crippen LogP contribution is 2.42. The van der Waals surface area contributed by atoms with E-state index in [1.807, 2.05) is 0 Å². The molecule has 1 fully saturated rings. The van der Waals surface area contributed by atoms with Crippen molar-refractivity contribution in [2.75, 3.05) is 11.9 Å². The fraction of sp³-hybridized carbons (Fsp3) is 0.538. The van der Waals surface area contributed by atoms with Crippen molar-refractivity contribution in [2.45, 2.75) is 32.6 Å². The summed E-state index contributed by atoms with van der Waals surface area (Å²) in [6.07, 6.45) is 7.14. The lowest BCUT2D eigenvalue weighted by Crippen LogP contribution is -2.43. The molecule has 0 atom stereocenters. The molecule has 0 unspecified atom stereocenters. The van der Waals surface area contributed by atoms with Gasteiger partial charge in [-0.15, -0.1) is 0 Å². The Morgan fingerprint density at radius 1 is 1.56 bits per heavy atom. The van der Waals surface area contributed by atoms with Crippen LogP contribution in [0.15, 0.2) is 18.5 Å². The zero-order chi connectivity index (χ0) is 13.0. The van der Waals surface area contributed by atoms with Gasteiger partial charge in [0.05, 0.1) is 11.9 Å². The van der Waals surface area contributed by atoms with Gasteiger partial charge in [0.25, 0.3) is 0 Å². The van der Waals surface area contributed by atoms with E-state index < -0.39 is 5.82 Å². The predicted octanol–water partition coefficient (Wildman–Crippen LogP) is 2.92. The second-order valence-corrected chi connectivity index (χ2v) is 4.87. The number of nitrogens with one attached hydrogen (secondary N) is 2. The number of hydrogen-bond acceptors (Lipinski definition) is 2. The van der Waals surface area contributed by atoms with Crippen molar-refractivity contribution in [2.24, 2.45) is 5.41 Å². The van der Waals surface area contributed by atoms with Gasteiger partial charge in [-0.3, -0.25) is 4.98 Å². The number of carbonyl (C=O) groups is 1. The van der Waals surface area contributed by atoms with Gasteiger partial charge in [-0.05, 0) is 30.7 Å². The van der Waals surface area contributed by atoms with Crippen LogP contribution in [0, 0.1) is 11.2 Å². The number of aromatic nitrogens is 1. The molecule has 2 rings (SSSR count). The van der Waals surface area contributed by atoms with Crippen molar-refractivity contribution in [3.8, 4) is 0 Å². The van der Waals surface area contributed by atoms with Crippen LogP contribution in [0.3, 0.4) is 0 Å². The van der Waals surface area contributed by atoms with Gasteiger partial charge < -0.3 is 10.6 Å². The van der Waals surface area contributed by atoms with Gasteiger partial charge in [0.15, 0.2) is 5.82 Å². The SMILES string of the molecule is CCC1(CNC(=O)Nc2ccncc2F)CCC1. The third-order valence-electron chi connectivity index (χ3n) is 3.81. The van der Waals surface area contributed by atoms with Crippen LogP contribution in [-0.2, 0) is 0 Å². The van der Waals surface area contributed by atoms with Gasteiger partial charge in [-0.25, -0.2) is 9.18 Å². The molecule has 0 radical (unpaired) electrons. The lowest BCUT2D eigenvalue weighted by Gasteiger charge is -2.41. The number of anilines is 1. The summed E-state index contributed by atoms with van der Waals surface area (Å²) in [6.45, 7) is 2.79. The standard InChI is InChI=1S/C13H18FN3O/c1-2-13(5-3-6-13)9-16-12(18)17-11-4-7-15-8-10(11)14/h4,7-8H,2-3,5-6,9H2,1H3,(H2,15,16,17,18). The summed E-state index contributed by atoms with van der Waals surface area (Å²) in [6, 6.07) is 1.08. The van der Waals surface area contributed by atoms with Gasteiger partial charge in [0.1, 0.15) is 0 Å². The number of urea groups is 1. The van der Waals surface area contributed by atoms with Crippen molar-refractivity contribution in [1.82, 2.24) is 10.3 Å². The van der Waals surface area contributed by atoms with Crippen LogP contribution < -0.4 is 10.6 Å². The summed E-state index contributed by atoms with van der Waals surface area (Å²) < 4.78 is 13.3. The number of halogens is 1. The lowest BCUT2D eigenvalue weighted by molar-refractivity contribution is 0.127. The number of nitrogens with zero attached hydrogens (tertiary/aromatic N) is 1. The molecular formula is C13H18FN3O. The van der Waals surface area contributed by atoms with Gasteiger partial charge in [-0.1, -0.05) is 13.3 Å². The quantitative estimate of drug-likeness (QED) is 0.864. The zero-order valence-electron chi connectivity index (χ0n) is 10.5. The van der Waals surface area contributed by atoms with Gasteiger partial charge in [0.2, 0.25) is 0 Å². The third kappa shape index (κ3) is 2.78. The molecular weight excluding hydrogens is 233 g/mol. The molecule has 0 saturated heterocycles. The summed E-state index contributed by atoms with van der Waals surface area (Å²) in [5.74, 6) is -0.526. The largest absolute Gasteiger partial charge is 0.337 e. The molecule has 0 aromatic carbocycles. The maximum absolute atomic E-state index is 13.3. The Balaban J connectivity index is 1.84. The first-order valence-corrected chi connectivity index (χ1v) is 6.30. The number of hydrogen-bond donors (Lipinski definition) is 2. The fourth-order valence-electron chi connectivity index (χ4n) is 2.24. The summed E-state index contributed by atoms with van der Waals surface area (Å²) in [7, 11) is 0. The zero-order valence-corrected chi connectivity index (χ0v) is 10.5. The monoisotopic (exact) mass is 251 g/mol. The number of pyridine rings is 1. The van der Waals surface area contributed by atoms with E-state index in [0.29, 0.717) is 6.54 Å². The summed E-state index contributed by atoms with van der Waals surface area (Å²) >= 11 is 0. The van der Waals surface area contributed by atoms with E-state index in [4.69, 9.17) is 0 Å². The Kier molecular flexibility index (Phi) is 3.79. The van der Waals surface area contributed by atoms with E-state index >= 15 is 0 Å². The minimum atomic E-state index is -0.526. The van der Waals surface area contributed by atoms with Crippen LogP contribution >= 0.6 is 0 Å². The van der Waals surface area contributed by atoms with Crippen LogP contribution in [0.1, 0.15) is 32.6 Å². The van der Waals surface area contributed by atoms with E-state index in [1.54, 1.807) is 0 Å².